The molecule has 1 atom stereocenters. The molecule has 0 aliphatic carbocycles. The van der Waals surface area contributed by atoms with Crippen molar-refractivity contribution in [2.75, 3.05) is 13.7 Å². The molecule has 0 saturated carbocycles. The van der Waals surface area contributed by atoms with Gasteiger partial charge in [0.15, 0.2) is 0 Å². The molecule has 0 saturated heterocycles. The maximum absolute atomic E-state index is 5.91. The average Bonchev–Trinajstić information content (AvgIpc) is 2.85. The molecule has 1 heterocycles. The highest BCUT2D eigenvalue weighted by Crippen LogP contribution is 2.21. The van der Waals surface area contributed by atoms with Crippen LogP contribution in [0.2, 0.25) is 5.02 Å². The highest BCUT2D eigenvalue weighted by Gasteiger charge is 2.15. The molecule has 1 unspecified atom stereocenters. The first-order valence-electron chi connectivity index (χ1n) is 5.55. The quantitative estimate of drug-likeness (QED) is 0.900. The van der Waals surface area contributed by atoms with Gasteiger partial charge in [-0.3, -0.25) is 0 Å². The minimum Gasteiger partial charge on any atom is -0.385 e. The lowest BCUT2D eigenvalue weighted by atomic mass is 10.2. The van der Waals surface area contributed by atoms with Gasteiger partial charge in [0.2, 0.25) is 11.7 Å². The van der Waals surface area contributed by atoms with E-state index in [2.05, 4.69) is 10.1 Å². The van der Waals surface area contributed by atoms with Crippen LogP contribution in [0.25, 0.3) is 11.4 Å². The van der Waals surface area contributed by atoms with Crippen molar-refractivity contribution in [3.8, 4) is 11.4 Å². The van der Waals surface area contributed by atoms with Crippen molar-refractivity contribution in [3.63, 3.8) is 0 Å². The molecule has 0 spiro atoms. The van der Waals surface area contributed by atoms with Gasteiger partial charge >= 0.3 is 0 Å². The number of benzene rings is 1. The van der Waals surface area contributed by atoms with E-state index in [-0.39, 0.29) is 6.04 Å². The van der Waals surface area contributed by atoms with Crippen LogP contribution in [0.1, 0.15) is 18.4 Å². The van der Waals surface area contributed by atoms with Crippen molar-refractivity contribution in [2.24, 2.45) is 5.73 Å². The molecule has 96 valence electrons. The molecule has 0 aliphatic heterocycles. The average molecular weight is 268 g/mol. The van der Waals surface area contributed by atoms with E-state index < -0.39 is 0 Å². The van der Waals surface area contributed by atoms with Gasteiger partial charge < -0.3 is 15.0 Å². The van der Waals surface area contributed by atoms with Crippen LogP contribution >= 0.6 is 11.6 Å². The van der Waals surface area contributed by atoms with Gasteiger partial charge in [0.05, 0.1) is 6.04 Å². The molecule has 1 aromatic heterocycles. The third-order valence-corrected chi connectivity index (χ3v) is 2.71. The molecule has 2 rings (SSSR count). The number of nitrogens with two attached hydrogens (primary N) is 1. The van der Waals surface area contributed by atoms with Crippen LogP contribution in [0.15, 0.2) is 28.8 Å². The number of aromatic nitrogens is 2. The first kappa shape index (κ1) is 13.0. The zero-order valence-corrected chi connectivity index (χ0v) is 10.7. The normalized spacial score (nSPS) is 12.6. The van der Waals surface area contributed by atoms with E-state index >= 15 is 0 Å². The van der Waals surface area contributed by atoms with E-state index in [0.717, 1.165) is 5.56 Å². The van der Waals surface area contributed by atoms with E-state index in [0.29, 0.717) is 29.8 Å². The van der Waals surface area contributed by atoms with E-state index in [1.54, 1.807) is 19.2 Å². The summed E-state index contributed by atoms with van der Waals surface area (Å²) in [6, 6.07) is 6.94. The number of hydrogen-bond donors (Lipinski definition) is 1. The smallest absolute Gasteiger partial charge is 0.243 e. The third-order valence-electron chi connectivity index (χ3n) is 2.47. The number of hydrogen-bond acceptors (Lipinski definition) is 5. The van der Waals surface area contributed by atoms with E-state index in [1.165, 1.54) is 0 Å². The Labute approximate surface area is 110 Å². The first-order chi connectivity index (χ1) is 8.70. The molecular formula is C12H14ClN3O2. The summed E-state index contributed by atoms with van der Waals surface area (Å²) in [4.78, 5) is 4.26. The maximum Gasteiger partial charge on any atom is 0.243 e. The Morgan fingerprint density at radius 3 is 3.06 bits per heavy atom. The highest BCUT2D eigenvalue weighted by atomic mass is 35.5. The van der Waals surface area contributed by atoms with Crippen LogP contribution in [0.4, 0.5) is 0 Å². The van der Waals surface area contributed by atoms with Crippen LogP contribution in [0.3, 0.4) is 0 Å². The highest BCUT2D eigenvalue weighted by molar-refractivity contribution is 6.30. The van der Waals surface area contributed by atoms with Gasteiger partial charge in [-0.1, -0.05) is 28.9 Å². The summed E-state index contributed by atoms with van der Waals surface area (Å²) in [5.41, 5.74) is 6.70. The summed E-state index contributed by atoms with van der Waals surface area (Å²) >= 11 is 5.91. The summed E-state index contributed by atoms with van der Waals surface area (Å²) in [5, 5.41) is 4.52. The lowest BCUT2D eigenvalue weighted by molar-refractivity contribution is 0.182. The van der Waals surface area contributed by atoms with Crippen molar-refractivity contribution in [1.29, 1.82) is 0 Å². The molecular weight excluding hydrogens is 254 g/mol. The molecule has 0 amide bonds. The van der Waals surface area contributed by atoms with Crippen LogP contribution in [-0.2, 0) is 4.74 Å². The second kappa shape index (κ2) is 5.95. The molecule has 1 aromatic carbocycles. The monoisotopic (exact) mass is 267 g/mol. The Hall–Kier alpha value is -1.43. The Bertz CT molecular complexity index is 516. The molecule has 2 N–H and O–H groups in total. The van der Waals surface area contributed by atoms with Gasteiger partial charge in [-0.25, -0.2) is 0 Å². The summed E-state index contributed by atoms with van der Waals surface area (Å²) in [6.45, 7) is 0.552. The molecule has 0 bridgehead atoms. The summed E-state index contributed by atoms with van der Waals surface area (Å²) in [6.07, 6.45) is 0.633. The zero-order chi connectivity index (χ0) is 13.0. The maximum atomic E-state index is 5.91. The molecule has 0 aliphatic rings. The standard InChI is InChI=1S/C12H14ClN3O2/c1-17-6-5-10(14)12-15-11(16-18-12)8-3-2-4-9(13)7-8/h2-4,7,10H,5-6,14H2,1H3. The second-order valence-electron chi connectivity index (χ2n) is 3.85. The number of methoxy groups -OCH3 is 1. The van der Waals surface area contributed by atoms with Crippen LogP contribution in [0, 0.1) is 0 Å². The number of nitrogens with zero attached hydrogens (tertiary/aromatic N) is 2. The van der Waals surface area contributed by atoms with Gasteiger partial charge in [0.1, 0.15) is 0 Å². The van der Waals surface area contributed by atoms with E-state index in [9.17, 15) is 0 Å². The van der Waals surface area contributed by atoms with E-state index in [1.807, 2.05) is 12.1 Å². The van der Waals surface area contributed by atoms with Gasteiger partial charge in [-0.05, 0) is 18.6 Å². The van der Waals surface area contributed by atoms with Gasteiger partial charge in [0, 0.05) is 24.3 Å². The van der Waals surface area contributed by atoms with Crippen LogP contribution < -0.4 is 5.73 Å². The molecule has 5 nitrogen and oxygen atoms in total. The minimum atomic E-state index is -0.314. The van der Waals surface area contributed by atoms with Gasteiger partial charge in [-0.2, -0.15) is 4.98 Å². The topological polar surface area (TPSA) is 74.2 Å². The predicted molar refractivity (Wildman–Crippen MR) is 68.2 cm³/mol. The Morgan fingerprint density at radius 1 is 1.50 bits per heavy atom. The lowest BCUT2D eigenvalue weighted by Crippen LogP contribution is -2.12. The summed E-state index contributed by atoms with van der Waals surface area (Å²) in [7, 11) is 1.62. The third kappa shape index (κ3) is 3.07. The SMILES string of the molecule is COCCC(N)c1nc(-c2cccc(Cl)c2)no1. The van der Waals surface area contributed by atoms with Crippen molar-refractivity contribution in [3.05, 3.63) is 35.2 Å². The van der Waals surface area contributed by atoms with E-state index in [4.69, 9.17) is 26.6 Å². The second-order valence-corrected chi connectivity index (χ2v) is 4.29. The predicted octanol–water partition coefficient (Wildman–Crippen LogP) is 2.43. The van der Waals surface area contributed by atoms with Gasteiger partial charge in [0.25, 0.3) is 0 Å². The molecule has 2 aromatic rings. The van der Waals surface area contributed by atoms with Crippen molar-refractivity contribution in [2.45, 2.75) is 12.5 Å². The Morgan fingerprint density at radius 2 is 2.33 bits per heavy atom. The molecule has 18 heavy (non-hydrogen) atoms. The molecule has 0 radical (unpaired) electrons. The fourth-order valence-electron chi connectivity index (χ4n) is 1.50. The zero-order valence-electron chi connectivity index (χ0n) is 9.97. The van der Waals surface area contributed by atoms with Gasteiger partial charge in [-0.15, -0.1) is 0 Å². The summed E-state index contributed by atoms with van der Waals surface area (Å²) < 4.78 is 10.1. The minimum absolute atomic E-state index is 0.314. The van der Waals surface area contributed by atoms with Crippen molar-refractivity contribution in [1.82, 2.24) is 10.1 Å². The van der Waals surface area contributed by atoms with Crippen molar-refractivity contribution < 1.29 is 9.26 Å². The summed E-state index contributed by atoms with van der Waals surface area (Å²) in [5.74, 6) is 0.891. The largest absolute Gasteiger partial charge is 0.385 e. The first-order valence-corrected chi connectivity index (χ1v) is 5.92. The Balaban J connectivity index is 2.15. The fraction of sp³-hybridized carbons (Fsp3) is 0.333. The fourth-order valence-corrected chi connectivity index (χ4v) is 1.69. The molecule has 0 fully saturated rings. The number of rotatable bonds is 5. The van der Waals surface area contributed by atoms with Crippen LogP contribution in [0.5, 0.6) is 0 Å². The Kier molecular flexibility index (Phi) is 4.30. The van der Waals surface area contributed by atoms with Crippen molar-refractivity contribution >= 4 is 11.6 Å². The van der Waals surface area contributed by atoms with Crippen LogP contribution in [-0.4, -0.2) is 23.9 Å². The lowest BCUT2D eigenvalue weighted by Gasteiger charge is -2.04. The number of ether oxygens (including phenoxy) is 1. The molecule has 6 heteroatoms. The number of halogens is 1.